The zero-order valence-electron chi connectivity index (χ0n) is 71.7. The van der Waals surface area contributed by atoms with Crippen LogP contribution in [-0.2, 0) is 0 Å². The summed E-state index contributed by atoms with van der Waals surface area (Å²) in [6.45, 7) is 41.2. The van der Waals surface area contributed by atoms with Crippen LogP contribution in [0.15, 0.2) is 364 Å². The van der Waals surface area contributed by atoms with Crippen molar-refractivity contribution in [2.45, 2.75) is 113 Å². The second-order valence-corrected chi connectivity index (χ2v) is 33.4. The molecule has 21 rings (SSSR count). The van der Waals surface area contributed by atoms with Crippen molar-refractivity contribution in [1.82, 2.24) is 22.8 Å². The predicted molar refractivity (Wildman–Crippen MR) is 524 cm³/mol. The van der Waals surface area contributed by atoms with Gasteiger partial charge in [-0.25, -0.2) is 9.69 Å². The topological polar surface area (TPSA) is 33.4 Å². The number of hydrogen-bond donors (Lipinski definition) is 0. The van der Waals surface area contributed by atoms with Gasteiger partial charge in [0, 0.05) is 123 Å². The van der Waals surface area contributed by atoms with E-state index in [4.69, 9.17) is 13.1 Å². The minimum absolute atomic E-state index is 0.337. The van der Waals surface area contributed by atoms with E-state index >= 15 is 0 Å². The third-order valence-corrected chi connectivity index (χ3v) is 23.8. The van der Waals surface area contributed by atoms with Gasteiger partial charge in [0.2, 0.25) is 5.69 Å². The van der Waals surface area contributed by atoms with E-state index in [-0.39, 0.29) is 0 Å². The largest absolute Gasteiger partial charge is 0.347 e. The molecule has 596 valence electrons. The summed E-state index contributed by atoms with van der Waals surface area (Å²) in [7, 11) is 0. The second-order valence-electron chi connectivity index (χ2n) is 33.4. The summed E-state index contributed by atoms with van der Waals surface area (Å²) in [6, 6.07) is 132. The van der Waals surface area contributed by atoms with Gasteiger partial charge in [-0.05, 0) is 204 Å². The Balaban J connectivity index is 0.000000110. The maximum absolute atomic E-state index is 7.40. The summed E-state index contributed by atoms with van der Waals surface area (Å²) in [4.78, 5) is 7.24. The molecule has 0 fully saturated rings. The molecule has 0 atom stereocenters. The molecule has 5 aromatic heterocycles. The zero-order chi connectivity index (χ0) is 84.4. The van der Waals surface area contributed by atoms with Gasteiger partial charge in [0.1, 0.15) is 0 Å². The number of aryl methyl sites for hydroxylation is 2. The van der Waals surface area contributed by atoms with Crippen LogP contribution in [0.3, 0.4) is 0 Å². The lowest BCUT2D eigenvalue weighted by Gasteiger charge is -2.16. The highest BCUT2D eigenvalue weighted by Crippen LogP contribution is 2.45. The van der Waals surface area contributed by atoms with Gasteiger partial charge in [-0.2, -0.15) is 0 Å². The molecule has 0 aliphatic heterocycles. The molecule has 0 radical (unpaired) electrons. The molecule has 0 bridgehead atoms. The molecule has 0 aliphatic carbocycles. The third-order valence-electron chi connectivity index (χ3n) is 23.8. The Morgan fingerprint density at radius 1 is 0.205 bits per heavy atom. The molecule has 122 heavy (non-hydrogen) atoms. The lowest BCUT2D eigenvalue weighted by molar-refractivity contribution is 0.642. The fourth-order valence-corrected chi connectivity index (χ4v) is 18.5. The quantitative estimate of drug-likeness (QED) is 0.116. The monoisotopic (exact) mass is 1580 g/mol. The molecule has 0 amide bonds. The van der Waals surface area contributed by atoms with Crippen LogP contribution in [0.25, 0.3) is 185 Å². The SMILES string of the molecule is CC(C)n1c2c(-c3ccccc3)cccc2c2cccc(-c3ccccc3)c21.CC(C)n1c2cc(-c3ccccc3)ccc2c2ccc(-c3ccccc3)cc21.CC(C)n1c2ccc(-c3ccccc3)cc2c2cc(-c3ccccc3)ccc21.[C-]#[N+]c1ccc2c3ccc(C)cc3n(C(C)C)c2c1.[C-]#[N+]c1cccc2c3cccc(C)c3n(C(C)C)c12. The van der Waals surface area contributed by atoms with Gasteiger partial charge in [-0.15, -0.1) is 0 Å². The molecule has 0 saturated carbocycles. The molecule has 0 spiro atoms. The highest BCUT2D eigenvalue weighted by Gasteiger charge is 2.23. The molecular weight excluding hydrogens is 1480 g/mol. The average Bonchev–Trinajstić information content (AvgIpc) is 1.57. The maximum Gasteiger partial charge on any atom is 0.210 e. The summed E-state index contributed by atoms with van der Waals surface area (Å²) in [5, 5.41) is 12.9. The van der Waals surface area contributed by atoms with E-state index < -0.39 is 0 Å². The highest BCUT2D eigenvalue weighted by molar-refractivity contribution is 6.18. The van der Waals surface area contributed by atoms with E-state index in [1.807, 2.05) is 24.3 Å². The van der Waals surface area contributed by atoms with Crippen LogP contribution in [0.4, 0.5) is 11.4 Å². The molecule has 16 aromatic carbocycles. The van der Waals surface area contributed by atoms with Gasteiger partial charge in [0.15, 0.2) is 5.69 Å². The van der Waals surface area contributed by atoms with Crippen molar-refractivity contribution in [1.29, 1.82) is 0 Å². The first-order valence-electron chi connectivity index (χ1n) is 42.8. The number of benzene rings is 16. The number of para-hydroxylation sites is 4. The lowest BCUT2D eigenvalue weighted by atomic mass is 10.0. The van der Waals surface area contributed by atoms with Crippen LogP contribution in [0.1, 0.15) is 111 Å². The molecule has 0 aliphatic rings. The second kappa shape index (κ2) is 34.4. The number of rotatable bonds is 11. The Kier molecular flexibility index (Phi) is 22.6. The first-order chi connectivity index (χ1) is 59.5. The fraction of sp³-hybridized carbons (Fsp3) is 0.148. The Morgan fingerprint density at radius 3 is 0.910 bits per heavy atom. The van der Waals surface area contributed by atoms with Gasteiger partial charge in [0.25, 0.3) is 0 Å². The smallest absolute Gasteiger partial charge is 0.210 e. The van der Waals surface area contributed by atoms with Crippen molar-refractivity contribution in [2.24, 2.45) is 0 Å². The molecule has 0 N–H and O–H groups in total. The predicted octanol–water partition coefficient (Wildman–Crippen LogP) is 33.6. The summed E-state index contributed by atoms with van der Waals surface area (Å²) in [5.41, 5.74) is 31.8. The Hall–Kier alpha value is -14.5. The molecule has 0 saturated heterocycles. The molecule has 5 heterocycles. The third kappa shape index (κ3) is 15.2. The van der Waals surface area contributed by atoms with Crippen molar-refractivity contribution >= 4 is 120 Å². The molecular formula is C115H101N7. The summed E-state index contributed by atoms with van der Waals surface area (Å²) >= 11 is 0. The van der Waals surface area contributed by atoms with E-state index in [1.165, 1.54) is 176 Å². The van der Waals surface area contributed by atoms with E-state index in [0.717, 1.165) is 16.7 Å². The van der Waals surface area contributed by atoms with Gasteiger partial charge >= 0.3 is 0 Å². The van der Waals surface area contributed by atoms with E-state index in [1.54, 1.807) is 0 Å². The van der Waals surface area contributed by atoms with Crippen LogP contribution in [-0.4, -0.2) is 22.8 Å². The summed E-state index contributed by atoms with van der Waals surface area (Å²) < 4.78 is 12.1. The molecule has 7 heteroatoms. The van der Waals surface area contributed by atoms with E-state index in [2.05, 4.69) is 455 Å². The maximum atomic E-state index is 7.40. The number of nitrogens with zero attached hydrogens (tertiary/aromatic N) is 7. The van der Waals surface area contributed by atoms with Crippen LogP contribution in [0, 0.1) is 27.0 Å². The van der Waals surface area contributed by atoms with Crippen molar-refractivity contribution < 1.29 is 0 Å². The van der Waals surface area contributed by atoms with Gasteiger partial charge < -0.3 is 22.8 Å². The number of aromatic nitrogens is 5. The highest BCUT2D eigenvalue weighted by atomic mass is 15.0. The van der Waals surface area contributed by atoms with Crippen molar-refractivity contribution in [3.63, 3.8) is 0 Å². The van der Waals surface area contributed by atoms with Crippen molar-refractivity contribution in [3.8, 4) is 66.8 Å². The Bertz CT molecular complexity index is 7190. The molecule has 0 unspecified atom stereocenters. The fourth-order valence-electron chi connectivity index (χ4n) is 18.5. The Morgan fingerprint density at radius 2 is 0.516 bits per heavy atom. The Labute approximate surface area is 716 Å². The van der Waals surface area contributed by atoms with Crippen LogP contribution < -0.4 is 0 Å². The van der Waals surface area contributed by atoms with Gasteiger partial charge in [0.05, 0.1) is 35.2 Å². The van der Waals surface area contributed by atoms with E-state index in [9.17, 15) is 0 Å². The average molecular weight is 1580 g/mol. The van der Waals surface area contributed by atoms with Gasteiger partial charge in [-0.1, -0.05) is 315 Å². The molecule has 7 nitrogen and oxygen atoms in total. The zero-order valence-corrected chi connectivity index (χ0v) is 71.7. The standard InChI is InChI=1S/3C27H23N.2C17H16N2/c1-19(2)28-26-22(20-11-5-3-6-12-20)15-9-17-24(26)25-18-10-16-23(27(25)28)21-13-7-4-8-14-21;1-19(2)28-26-15-13-22(20-9-5-3-6-10-20)17-24(26)25-18-23(14-16-27(25)28)21-11-7-4-8-12-21;1-19(2)28-26-17-22(20-9-5-3-6-10-20)13-15-24(26)25-16-14-23(18-27(25)28)21-11-7-4-8-12-21;1-11(2)19-16-9-12(3)5-7-14(16)15-8-6-13(18-4)10-17(15)19;1-11(2)19-16-12(3)7-5-8-13(16)14-9-6-10-15(18-4)17(14)19/h3*3-19H,1-2H3;2*5-11H,1-3H3. The number of fused-ring (bicyclic) bond motifs is 15. The van der Waals surface area contributed by atoms with Crippen molar-refractivity contribution in [2.75, 3.05) is 0 Å². The van der Waals surface area contributed by atoms with Crippen LogP contribution in [0.5, 0.6) is 0 Å². The molecule has 21 aromatic rings. The number of hydrogen-bond acceptors (Lipinski definition) is 0. The summed E-state index contributed by atoms with van der Waals surface area (Å²) in [5.74, 6) is 0. The first kappa shape index (κ1) is 79.9. The first-order valence-corrected chi connectivity index (χ1v) is 42.8. The minimum Gasteiger partial charge on any atom is -0.347 e. The van der Waals surface area contributed by atoms with Crippen LogP contribution in [0.2, 0.25) is 0 Å². The van der Waals surface area contributed by atoms with E-state index in [0.29, 0.717) is 35.9 Å². The minimum atomic E-state index is 0.337. The lowest BCUT2D eigenvalue weighted by Crippen LogP contribution is -2.02. The van der Waals surface area contributed by atoms with Crippen molar-refractivity contribution in [3.05, 3.63) is 398 Å². The van der Waals surface area contributed by atoms with Crippen LogP contribution >= 0.6 is 0 Å². The summed E-state index contributed by atoms with van der Waals surface area (Å²) in [6.07, 6.45) is 0. The normalized spacial score (nSPS) is 11.5. The van der Waals surface area contributed by atoms with Gasteiger partial charge in [-0.3, -0.25) is 0 Å².